The molecule has 0 saturated heterocycles. The Morgan fingerprint density at radius 2 is 1.53 bits per heavy atom. The summed E-state index contributed by atoms with van der Waals surface area (Å²) >= 11 is 0. The van der Waals surface area contributed by atoms with Crippen molar-refractivity contribution in [3.05, 3.63) is 56.2 Å². The molecule has 0 aliphatic heterocycles. The molecule has 1 N–H and O–H groups in total. The molecule has 1 aromatic heterocycles. The van der Waals surface area contributed by atoms with Crippen LogP contribution in [0.4, 0.5) is 0 Å². The third kappa shape index (κ3) is 3.58. The van der Waals surface area contributed by atoms with Gasteiger partial charge in [-0.15, -0.1) is 0 Å². The molecule has 2 aromatic rings. The zero-order valence-electron chi connectivity index (χ0n) is 17.8. The van der Waals surface area contributed by atoms with Crippen LogP contribution >= 0.6 is 0 Å². The van der Waals surface area contributed by atoms with E-state index in [1.807, 2.05) is 13.8 Å². The normalized spacial score (nSPS) is 17.8. The Kier molecular flexibility index (Phi) is 5.45. The van der Waals surface area contributed by atoms with Crippen LogP contribution < -0.4 is 16.0 Å². The van der Waals surface area contributed by atoms with Crippen molar-refractivity contribution in [3.63, 3.8) is 0 Å². The van der Waals surface area contributed by atoms with E-state index in [0.717, 1.165) is 9.13 Å². The molecule has 1 fully saturated rings. The monoisotopic (exact) mass is 414 g/mol. The third-order valence-corrected chi connectivity index (χ3v) is 5.79. The molecule has 1 heterocycles. The molecule has 0 spiro atoms. The number of nitrogens with zero attached hydrogens (tertiary/aromatic N) is 2. The fourth-order valence-corrected chi connectivity index (χ4v) is 4.25. The number of rotatable bonds is 4. The summed E-state index contributed by atoms with van der Waals surface area (Å²) in [5, 5.41) is 10.7. The number of carbonyl (C=O) groups excluding carboxylic acids is 2. The van der Waals surface area contributed by atoms with E-state index in [9.17, 15) is 24.3 Å². The highest BCUT2D eigenvalue weighted by Gasteiger charge is 2.46. The molecule has 30 heavy (non-hydrogen) atoms. The Hall–Kier alpha value is -3.16. The standard InChI is InChI=1S/C22H26N2O6/c1-22(2)10-14(25)17(15(26)11-22)16(12-6-8-13(30-5)9-7-12)18-19(27)23(3)21(29)24(4)20(18)28/h6-9,16-17,27H,10-11H2,1-5H3. The van der Waals surface area contributed by atoms with Crippen molar-refractivity contribution in [2.75, 3.05) is 7.11 Å². The lowest BCUT2D eigenvalue weighted by molar-refractivity contribution is -0.140. The number of carbonyl (C=O) groups is 2. The molecule has 3 rings (SSSR count). The van der Waals surface area contributed by atoms with E-state index in [1.54, 1.807) is 24.3 Å². The van der Waals surface area contributed by atoms with Crippen LogP contribution in [-0.2, 0) is 23.7 Å². The summed E-state index contributed by atoms with van der Waals surface area (Å²) in [6.07, 6.45) is 0.367. The average Bonchev–Trinajstić information content (AvgIpc) is 2.68. The number of aromatic nitrogens is 2. The van der Waals surface area contributed by atoms with Crippen molar-refractivity contribution in [1.29, 1.82) is 0 Å². The number of Topliss-reactive ketones (excluding diaryl/α,β-unsaturated/α-hetero) is 2. The summed E-state index contributed by atoms with van der Waals surface area (Å²) in [5.41, 5.74) is -1.53. The van der Waals surface area contributed by atoms with Crippen molar-refractivity contribution in [2.45, 2.75) is 32.6 Å². The van der Waals surface area contributed by atoms with E-state index >= 15 is 0 Å². The van der Waals surface area contributed by atoms with Gasteiger partial charge in [0.1, 0.15) is 17.3 Å². The SMILES string of the molecule is COc1ccc(C(c2c(O)n(C)c(=O)n(C)c2=O)C2C(=O)CC(C)(C)CC2=O)cc1. The van der Waals surface area contributed by atoms with Gasteiger partial charge < -0.3 is 9.84 Å². The number of ketones is 2. The van der Waals surface area contributed by atoms with Gasteiger partial charge in [0.15, 0.2) is 0 Å². The minimum Gasteiger partial charge on any atom is -0.497 e. The third-order valence-electron chi connectivity index (χ3n) is 5.79. The Morgan fingerprint density at radius 3 is 2.03 bits per heavy atom. The number of aromatic hydroxyl groups is 1. The molecule has 0 amide bonds. The lowest BCUT2D eigenvalue weighted by Crippen LogP contribution is -2.45. The number of benzene rings is 1. The maximum Gasteiger partial charge on any atom is 0.333 e. The van der Waals surface area contributed by atoms with Crippen molar-refractivity contribution < 1.29 is 19.4 Å². The lowest BCUT2D eigenvalue weighted by atomic mass is 9.65. The van der Waals surface area contributed by atoms with Crippen LogP contribution in [0.1, 0.15) is 43.7 Å². The second-order valence-corrected chi connectivity index (χ2v) is 8.62. The first-order chi connectivity index (χ1) is 14.0. The maximum atomic E-state index is 13.1. The molecule has 1 saturated carbocycles. The zero-order valence-corrected chi connectivity index (χ0v) is 17.8. The van der Waals surface area contributed by atoms with Gasteiger partial charge in [-0.3, -0.25) is 23.5 Å². The number of hydrogen-bond donors (Lipinski definition) is 1. The predicted molar refractivity (Wildman–Crippen MR) is 110 cm³/mol. The number of hydrogen-bond acceptors (Lipinski definition) is 6. The van der Waals surface area contributed by atoms with Gasteiger partial charge in [0.25, 0.3) is 5.56 Å². The number of methoxy groups -OCH3 is 1. The second-order valence-electron chi connectivity index (χ2n) is 8.62. The second kappa shape index (κ2) is 7.59. The first-order valence-corrected chi connectivity index (χ1v) is 9.66. The van der Waals surface area contributed by atoms with E-state index in [1.165, 1.54) is 21.2 Å². The quantitative estimate of drug-likeness (QED) is 0.760. The predicted octanol–water partition coefficient (Wildman–Crippen LogP) is 1.50. The maximum absolute atomic E-state index is 13.1. The van der Waals surface area contributed by atoms with E-state index in [2.05, 4.69) is 0 Å². The highest BCUT2D eigenvalue weighted by molar-refractivity contribution is 6.06. The summed E-state index contributed by atoms with van der Waals surface area (Å²) in [5.74, 6) is -2.69. The Labute approximate surface area is 173 Å². The topological polar surface area (TPSA) is 108 Å². The number of ether oxygens (including phenoxy) is 1. The van der Waals surface area contributed by atoms with Crippen LogP contribution in [-0.4, -0.2) is 32.9 Å². The van der Waals surface area contributed by atoms with Gasteiger partial charge in [0, 0.05) is 32.9 Å². The average molecular weight is 414 g/mol. The van der Waals surface area contributed by atoms with Crippen molar-refractivity contribution >= 4 is 11.6 Å². The van der Waals surface area contributed by atoms with Crippen molar-refractivity contribution in [1.82, 2.24) is 9.13 Å². The molecule has 1 aromatic carbocycles. The van der Waals surface area contributed by atoms with E-state index in [4.69, 9.17) is 4.74 Å². The lowest BCUT2D eigenvalue weighted by Gasteiger charge is -2.36. The molecular weight excluding hydrogens is 388 g/mol. The smallest absolute Gasteiger partial charge is 0.333 e. The summed E-state index contributed by atoms with van der Waals surface area (Å²) in [6, 6.07) is 6.64. The van der Waals surface area contributed by atoms with Crippen LogP contribution in [0.5, 0.6) is 11.6 Å². The molecule has 8 heteroatoms. The molecule has 1 aliphatic carbocycles. The highest BCUT2D eigenvalue weighted by Crippen LogP contribution is 2.43. The molecule has 1 aliphatic rings. The van der Waals surface area contributed by atoms with Crippen LogP contribution in [0.15, 0.2) is 33.9 Å². The minimum atomic E-state index is -1.12. The van der Waals surface area contributed by atoms with Crippen LogP contribution in [0.3, 0.4) is 0 Å². The molecular formula is C22H26N2O6. The van der Waals surface area contributed by atoms with Crippen LogP contribution in [0.25, 0.3) is 0 Å². The van der Waals surface area contributed by atoms with Gasteiger partial charge >= 0.3 is 5.69 Å². The minimum absolute atomic E-state index is 0.142. The molecule has 0 bridgehead atoms. The summed E-state index contributed by atoms with van der Waals surface area (Å²) in [6.45, 7) is 3.70. The fourth-order valence-electron chi connectivity index (χ4n) is 4.25. The Bertz CT molecular complexity index is 1100. The first kappa shape index (κ1) is 21.5. The van der Waals surface area contributed by atoms with Gasteiger partial charge in [-0.05, 0) is 23.1 Å². The van der Waals surface area contributed by atoms with Gasteiger partial charge in [0.05, 0.1) is 18.6 Å². The Balaban J connectivity index is 2.30. The summed E-state index contributed by atoms with van der Waals surface area (Å²) in [4.78, 5) is 51.4. The van der Waals surface area contributed by atoms with E-state index in [-0.39, 0.29) is 30.0 Å². The largest absolute Gasteiger partial charge is 0.497 e. The van der Waals surface area contributed by atoms with Crippen molar-refractivity contribution in [2.24, 2.45) is 25.4 Å². The zero-order chi connectivity index (χ0) is 22.4. The first-order valence-electron chi connectivity index (χ1n) is 9.66. The fraction of sp³-hybridized carbons (Fsp3) is 0.455. The molecule has 0 radical (unpaired) electrons. The molecule has 8 nitrogen and oxygen atoms in total. The van der Waals surface area contributed by atoms with E-state index < -0.39 is 34.4 Å². The molecule has 1 unspecified atom stereocenters. The van der Waals surface area contributed by atoms with Crippen LogP contribution in [0.2, 0.25) is 0 Å². The molecule has 160 valence electrons. The van der Waals surface area contributed by atoms with Gasteiger partial charge in [-0.1, -0.05) is 26.0 Å². The molecule has 1 atom stereocenters. The van der Waals surface area contributed by atoms with Gasteiger partial charge in [-0.2, -0.15) is 0 Å². The van der Waals surface area contributed by atoms with Gasteiger partial charge in [0.2, 0.25) is 5.88 Å². The highest BCUT2D eigenvalue weighted by atomic mass is 16.5. The summed E-state index contributed by atoms with van der Waals surface area (Å²) < 4.78 is 6.98. The van der Waals surface area contributed by atoms with Crippen LogP contribution in [0, 0.1) is 11.3 Å². The van der Waals surface area contributed by atoms with Gasteiger partial charge in [-0.25, -0.2) is 4.79 Å². The Morgan fingerprint density at radius 1 is 1.00 bits per heavy atom. The van der Waals surface area contributed by atoms with E-state index in [0.29, 0.717) is 11.3 Å². The summed E-state index contributed by atoms with van der Waals surface area (Å²) in [7, 11) is 4.14. The van der Waals surface area contributed by atoms with Crippen molar-refractivity contribution in [3.8, 4) is 11.6 Å².